The second kappa shape index (κ2) is 3.44. The Bertz CT molecular complexity index is 419. The molecule has 0 bridgehead atoms. The first-order valence-corrected chi connectivity index (χ1v) is 3.23. The van der Waals surface area contributed by atoms with Crippen LogP contribution in [0.1, 0.15) is 10.4 Å². The molecule has 1 rings (SSSR count). The second-order valence-electron chi connectivity index (χ2n) is 2.28. The number of carboxylic acids is 1. The number of carbonyl (C=O) groups is 1. The van der Waals surface area contributed by atoms with Gasteiger partial charge in [-0.2, -0.15) is 0 Å². The van der Waals surface area contributed by atoms with E-state index >= 15 is 0 Å². The van der Waals surface area contributed by atoms with E-state index in [1.54, 1.807) is 0 Å². The Morgan fingerprint density at radius 3 is 2.21 bits per heavy atom. The maximum absolute atomic E-state index is 12.7. The zero-order chi connectivity index (χ0) is 10.9. The van der Waals surface area contributed by atoms with Crippen LogP contribution in [-0.2, 0) is 0 Å². The zero-order valence-electron chi connectivity index (χ0n) is 6.42. The molecule has 1 N–H and O–H groups in total. The number of hydrogen-bond donors (Lipinski definition) is 1. The van der Waals surface area contributed by atoms with Gasteiger partial charge in [-0.1, -0.05) is 0 Å². The van der Waals surface area contributed by atoms with Crippen molar-refractivity contribution in [2.45, 2.75) is 0 Å². The summed E-state index contributed by atoms with van der Waals surface area (Å²) in [6.45, 7) is 0. The summed E-state index contributed by atoms with van der Waals surface area (Å²) in [4.78, 5) is 20.2. The van der Waals surface area contributed by atoms with Gasteiger partial charge in [0.25, 0.3) is 0 Å². The highest BCUT2D eigenvalue weighted by Gasteiger charge is 2.22. The molecule has 4 nitrogen and oxygen atoms in total. The highest BCUT2D eigenvalue weighted by Crippen LogP contribution is 2.25. The van der Waals surface area contributed by atoms with Crippen LogP contribution in [0.15, 0.2) is 11.2 Å². The number of nitroso groups, excluding NO2 is 1. The van der Waals surface area contributed by atoms with Crippen LogP contribution < -0.4 is 0 Å². The van der Waals surface area contributed by atoms with Crippen molar-refractivity contribution in [2.75, 3.05) is 0 Å². The summed E-state index contributed by atoms with van der Waals surface area (Å²) in [6.07, 6.45) is 0. The summed E-state index contributed by atoms with van der Waals surface area (Å²) in [5.41, 5.74) is -2.22. The Hall–Kier alpha value is -1.92. The third-order valence-electron chi connectivity index (χ3n) is 1.46. The fraction of sp³-hybridized carbons (Fsp3) is 0. The smallest absolute Gasteiger partial charge is 0.338 e. The molecule has 0 aliphatic carbocycles. The summed E-state index contributed by atoms with van der Waals surface area (Å²) >= 11 is 0. The van der Waals surface area contributed by atoms with E-state index in [1.165, 1.54) is 0 Å². The number of benzene rings is 1. The van der Waals surface area contributed by atoms with Gasteiger partial charge in [-0.15, -0.1) is 4.91 Å². The maximum atomic E-state index is 12.7. The van der Waals surface area contributed by atoms with Crippen molar-refractivity contribution >= 4 is 11.7 Å². The first-order valence-electron chi connectivity index (χ1n) is 3.23. The highest BCUT2D eigenvalue weighted by molar-refractivity contribution is 5.89. The fourth-order valence-electron chi connectivity index (χ4n) is 0.813. The van der Waals surface area contributed by atoms with Crippen LogP contribution in [0, 0.1) is 22.4 Å². The van der Waals surface area contributed by atoms with Crippen molar-refractivity contribution < 1.29 is 23.1 Å². The van der Waals surface area contributed by atoms with Crippen molar-refractivity contribution in [2.24, 2.45) is 5.18 Å². The number of hydrogen-bond acceptors (Lipinski definition) is 3. The summed E-state index contributed by atoms with van der Waals surface area (Å²) in [7, 11) is 0. The standard InChI is InChI=1S/C7H2F3NO3/c8-4-2(7(12)13)1-3(11-14)5(9)6(4)10/h1H,(H,12,13). The molecule has 0 atom stereocenters. The topological polar surface area (TPSA) is 66.7 Å². The molecule has 0 aromatic heterocycles. The molecule has 0 heterocycles. The molecule has 0 saturated carbocycles. The van der Waals surface area contributed by atoms with Crippen LogP contribution in [-0.4, -0.2) is 11.1 Å². The Kier molecular flexibility index (Phi) is 2.50. The molecular weight excluding hydrogens is 203 g/mol. The lowest BCUT2D eigenvalue weighted by atomic mass is 10.1. The molecule has 1 aromatic rings. The molecule has 0 unspecified atom stereocenters. The van der Waals surface area contributed by atoms with Crippen LogP contribution in [0.4, 0.5) is 18.9 Å². The molecule has 0 fully saturated rings. The number of aromatic carboxylic acids is 1. The van der Waals surface area contributed by atoms with Gasteiger partial charge in [-0.25, -0.2) is 18.0 Å². The average molecular weight is 205 g/mol. The van der Waals surface area contributed by atoms with E-state index in [0.717, 1.165) is 0 Å². The van der Waals surface area contributed by atoms with Gasteiger partial charge in [-0.05, 0) is 11.2 Å². The zero-order valence-corrected chi connectivity index (χ0v) is 6.42. The summed E-state index contributed by atoms with van der Waals surface area (Å²) in [6, 6.07) is 0.322. The normalized spacial score (nSPS) is 9.93. The van der Waals surface area contributed by atoms with E-state index in [2.05, 4.69) is 0 Å². The molecule has 0 amide bonds. The Morgan fingerprint density at radius 2 is 1.79 bits per heavy atom. The molecule has 0 aliphatic heterocycles. The van der Waals surface area contributed by atoms with Crippen molar-refractivity contribution in [1.82, 2.24) is 0 Å². The van der Waals surface area contributed by atoms with Crippen LogP contribution in [0.2, 0.25) is 0 Å². The molecule has 0 aliphatic rings. The monoisotopic (exact) mass is 205 g/mol. The lowest BCUT2D eigenvalue weighted by Crippen LogP contribution is -2.04. The largest absolute Gasteiger partial charge is 0.478 e. The van der Waals surface area contributed by atoms with E-state index in [1.807, 2.05) is 5.18 Å². The third-order valence-corrected chi connectivity index (χ3v) is 1.46. The van der Waals surface area contributed by atoms with Crippen LogP contribution >= 0.6 is 0 Å². The SMILES string of the molecule is O=Nc1cc(C(=O)O)c(F)c(F)c1F. The number of carboxylic acid groups (broad SMARTS) is 1. The molecule has 7 heteroatoms. The average Bonchev–Trinajstić information content (AvgIpc) is 2.14. The van der Waals surface area contributed by atoms with Gasteiger partial charge in [0.2, 0.25) is 0 Å². The minimum Gasteiger partial charge on any atom is -0.478 e. The summed E-state index contributed by atoms with van der Waals surface area (Å²) in [5.74, 6) is -7.50. The van der Waals surface area contributed by atoms with Crippen molar-refractivity contribution in [3.63, 3.8) is 0 Å². The Balaban J connectivity index is 3.56. The lowest BCUT2D eigenvalue weighted by molar-refractivity contribution is 0.0690. The molecule has 0 saturated heterocycles. The van der Waals surface area contributed by atoms with E-state index in [4.69, 9.17) is 5.11 Å². The minimum absolute atomic E-state index is 0.322. The van der Waals surface area contributed by atoms with Gasteiger partial charge in [0.05, 0.1) is 0 Å². The molecule has 1 aromatic carbocycles. The van der Waals surface area contributed by atoms with E-state index in [9.17, 15) is 22.9 Å². The first-order chi connectivity index (χ1) is 6.49. The van der Waals surface area contributed by atoms with Crippen molar-refractivity contribution in [3.05, 3.63) is 34.0 Å². The third kappa shape index (κ3) is 1.43. The van der Waals surface area contributed by atoms with Crippen LogP contribution in [0.3, 0.4) is 0 Å². The van der Waals surface area contributed by atoms with Gasteiger partial charge < -0.3 is 5.11 Å². The fourth-order valence-corrected chi connectivity index (χ4v) is 0.813. The Labute approximate surface area is 74.9 Å². The molecule has 14 heavy (non-hydrogen) atoms. The van der Waals surface area contributed by atoms with Gasteiger partial charge >= 0.3 is 5.97 Å². The first kappa shape index (κ1) is 10.2. The molecule has 74 valence electrons. The lowest BCUT2D eigenvalue weighted by Gasteiger charge is -2.00. The van der Waals surface area contributed by atoms with E-state index in [-0.39, 0.29) is 0 Å². The van der Waals surface area contributed by atoms with Gasteiger partial charge in [-0.3, -0.25) is 0 Å². The van der Waals surface area contributed by atoms with Crippen molar-refractivity contribution in [3.8, 4) is 0 Å². The molecular formula is C7H2F3NO3. The van der Waals surface area contributed by atoms with Crippen LogP contribution in [0.5, 0.6) is 0 Å². The number of nitrogens with zero attached hydrogens (tertiary/aromatic N) is 1. The minimum atomic E-state index is -2.03. The number of halogens is 3. The van der Waals surface area contributed by atoms with Crippen molar-refractivity contribution in [1.29, 1.82) is 0 Å². The van der Waals surface area contributed by atoms with E-state index < -0.39 is 34.7 Å². The Morgan fingerprint density at radius 1 is 1.21 bits per heavy atom. The van der Waals surface area contributed by atoms with Gasteiger partial charge in [0.1, 0.15) is 11.3 Å². The molecule has 0 spiro atoms. The summed E-state index contributed by atoms with van der Waals surface area (Å²) < 4.78 is 37.9. The highest BCUT2D eigenvalue weighted by atomic mass is 19.2. The second-order valence-corrected chi connectivity index (χ2v) is 2.28. The van der Waals surface area contributed by atoms with E-state index in [0.29, 0.717) is 6.07 Å². The predicted molar refractivity (Wildman–Crippen MR) is 38.7 cm³/mol. The molecule has 0 radical (unpaired) electrons. The van der Waals surface area contributed by atoms with Gasteiger partial charge in [0, 0.05) is 0 Å². The van der Waals surface area contributed by atoms with Crippen LogP contribution in [0.25, 0.3) is 0 Å². The quantitative estimate of drug-likeness (QED) is 0.594. The van der Waals surface area contributed by atoms with Gasteiger partial charge in [0.15, 0.2) is 17.5 Å². The predicted octanol–water partition coefficient (Wildman–Crippen LogP) is 2.20. The number of rotatable bonds is 2. The summed E-state index contributed by atoms with van der Waals surface area (Å²) in [5, 5.41) is 10.3. The maximum Gasteiger partial charge on any atom is 0.338 e.